The summed E-state index contributed by atoms with van der Waals surface area (Å²) in [7, 11) is 0. The Morgan fingerprint density at radius 3 is 3.14 bits per heavy atom. The van der Waals surface area contributed by atoms with E-state index in [0.29, 0.717) is 4.57 Å². The van der Waals surface area contributed by atoms with Gasteiger partial charge in [-0.3, -0.25) is 19.0 Å². The van der Waals surface area contributed by atoms with Gasteiger partial charge in [0.05, 0.1) is 26.1 Å². The molecule has 3 rings (SSSR count). The third-order valence-corrected chi connectivity index (χ3v) is 3.10. The van der Waals surface area contributed by atoms with Gasteiger partial charge in [-0.2, -0.15) is 0 Å². The number of carbonyl (C=O) groups excluding carboxylic acids is 2. The smallest absolute Gasteiger partial charge is 0.264 e. The number of nitrogens with zero attached hydrogens (tertiary/aromatic N) is 2. The highest BCUT2D eigenvalue weighted by Gasteiger charge is 2.30. The van der Waals surface area contributed by atoms with Crippen LogP contribution >= 0.6 is 0 Å². The van der Waals surface area contributed by atoms with E-state index in [0.717, 1.165) is 0 Å². The molecule has 1 heterocycles. The predicted octanol–water partition coefficient (Wildman–Crippen LogP) is 1.15. The molecule has 2 atom stereocenters. The average Bonchev–Trinajstić information content (AvgIpc) is 2.61. The second-order valence-electron chi connectivity index (χ2n) is 4.46. The Morgan fingerprint density at radius 2 is 2.38 bits per heavy atom. The van der Waals surface area contributed by atoms with Crippen LogP contribution in [0.4, 0.5) is 5.69 Å². The van der Waals surface area contributed by atoms with E-state index in [1.54, 1.807) is 0 Å². The van der Waals surface area contributed by atoms with Crippen molar-refractivity contribution in [2.75, 3.05) is 5.73 Å². The summed E-state index contributed by atoms with van der Waals surface area (Å²) in [5.41, 5.74) is 4.25. The summed E-state index contributed by atoms with van der Waals surface area (Å²) in [5, 5.41) is -0.346. The molecule has 1 saturated carbocycles. The molecule has 1 fully saturated rings. The fourth-order valence-electron chi connectivity index (χ4n) is 2.15. The number of anilines is 1. The maximum absolute atomic E-state index is 13.1. The topological polar surface area (TPSA) is 95.0 Å². The molecule has 0 radical (unpaired) electrons. The number of nitrogen functional groups attached to an aromatic ring is 1. The standard InChI is InChI=1S/C15H15N3O3/c1-8-17-11-4-2-3-10(16)14(11)15(21)18(8)12-6-5-9(19)7-13(12)20/h2-4,12H,5-7,16H2,1H3/i1D2,3D,5D2,6D,12D. The number of fused-ring (bicyclic) bond motifs is 1. The molecule has 0 saturated heterocycles. The molecule has 2 N–H and O–H groups in total. The van der Waals surface area contributed by atoms with Crippen molar-refractivity contribution in [3.05, 3.63) is 34.4 Å². The van der Waals surface area contributed by atoms with Crippen LogP contribution in [0, 0.1) is 6.88 Å². The van der Waals surface area contributed by atoms with Crippen LogP contribution in [0.3, 0.4) is 0 Å². The predicted molar refractivity (Wildman–Crippen MR) is 78.1 cm³/mol. The summed E-state index contributed by atoms with van der Waals surface area (Å²) in [6.45, 7) is -1.96. The first-order chi connectivity index (χ1) is 12.8. The van der Waals surface area contributed by atoms with Crippen molar-refractivity contribution < 1.29 is 19.2 Å². The van der Waals surface area contributed by atoms with Gasteiger partial charge in [0.2, 0.25) is 0 Å². The van der Waals surface area contributed by atoms with Gasteiger partial charge in [-0.25, -0.2) is 4.98 Å². The van der Waals surface area contributed by atoms with Crippen molar-refractivity contribution in [2.24, 2.45) is 0 Å². The van der Waals surface area contributed by atoms with E-state index >= 15 is 0 Å². The van der Waals surface area contributed by atoms with E-state index in [1.165, 1.54) is 12.1 Å². The second kappa shape index (κ2) is 4.80. The van der Waals surface area contributed by atoms with Crippen LogP contribution in [-0.2, 0) is 9.59 Å². The Hall–Kier alpha value is -2.50. The van der Waals surface area contributed by atoms with E-state index < -0.39 is 55.0 Å². The number of hydrogen-bond donors (Lipinski definition) is 1. The van der Waals surface area contributed by atoms with Crippen LogP contribution in [0.5, 0.6) is 0 Å². The zero-order chi connectivity index (χ0) is 21.2. The van der Waals surface area contributed by atoms with Crippen molar-refractivity contribution in [3.63, 3.8) is 0 Å². The first-order valence-corrected chi connectivity index (χ1v) is 6.00. The van der Waals surface area contributed by atoms with Crippen LogP contribution in [0.2, 0.25) is 0 Å². The van der Waals surface area contributed by atoms with Gasteiger partial charge < -0.3 is 5.73 Å². The lowest BCUT2D eigenvalue weighted by Crippen LogP contribution is -2.36. The van der Waals surface area contributed by atoms with Crippen molar-refractivity contribution in [3.8, 4) is 0 Å². The van der Waals surface area contributed by atoms with Gasteiger partial charge in [0, 0.05) is 18.9 Å². The number of Topliss-reactive ketones (excluding diaryl/α,β-unsaturated/α-hetero) is 2. The van der Waals surface area contributed by atoms with Gasteiger partial charge in [0.15, 0.2) is 5.78 Å². The SMILES string of the molecule is [2H]c1ccc2nc(C([2H])[2H])n(C3([2H])C(=O)CC(=O)C([2H])([2H])C3[2H])c(=O)c2c1N. The number of aryl methyl sites for hydroxylation is 1. The molecule has 0 bridgehead atoms. The van der Waals surface area contributed by atoms with E-state index in [1.807, 2.05) is 0 Å². The normalized spacial score (nSPS) is 33.6. The Kier molecular flexibility index (Phi) is 1.71. The van der Waals surface area contributed by atoms with Crippen LogP contribution in [0.1, 0.15) is 40.6 Å². The van der Waals surface area contributed by atoms with Gasteiger partial charge in [0.1, 0.15) is 11.6 Å². The summed E-state index contributed by atoms with van der Waals surface area (Å²) >= 11 is 0. The maximum atomic E-state index is 13.1. The summed E-state index contributed by atoms with van der Waals surface area (Å²) < 4.78 is 55.6. The molecule has 0 amide bonds. The Morgan fingerprint density at radius 1 is 1.57 bits per heavy atom. The Balaban J connectivity index is 2.48. The number of benzene rings is 1. The van der Waals surface area contributed by atoms with E-state index in [2.05, 4.69) is 4.98 Å². The average molecular weight is 292 g/mol. The molecule has 21 heavy (non-hydrogen) atoms. The molecule has 1 aliphatic rings. The molecule has 1 aromatic heterocycles. The zero-order valence-corrected chi connectivity index (χ0v) is 10.7. The second-order valence-corrected chi connectivity index (χ2v) is 4.46. The van der Waals surface area contributed by atoms with Crippen molar-refractivity contribution in [2.45, 2.75) is 32.1 Å². The maximum Gasteiger partial charge on any atom is 0.264 e. The number of aromatic nitrogens is 2. The van der Waals surface area contributed by atoms with Gasteiger partial charge in [0.25, 0.3) is 5.56 Å². The molecule has 2 aromatic rings. The lowest BCUT2D eigenvalue weighted by Gasteiger charge is -2.24. The van der Waals surface area contributed by atoms with Gasteiger partial charge in [-0.1, -0.05) is 6.07 Å². The first kappa shape index (κ1) is 7.49. The van der Waals surface area contributed by atoms with E-state index in [9.17, 15) is 14.4 Å². The zero-order valence-electron chi connectivity index (χ0n) is 17.7. The minimum absolute atomic E-state index is 0.0678. The van der Waals surface area contributed by atoms with Gasteiger partial charge in [-0.15, -0.1) is 0 Å². The number of hydrogen-bond acceptors (Lipinski definition) is 5. The first-order valence-electron chi connectivity index (χ1n) is 9.73. The third kappa shape index (κ3) is 2.12. The third-order valence-electron chi connectivity index (χ3n) is 3.10. The van der Waals surface area contributed by atoms with E-state index in [4.69, 9.17) is 15.3 Å². The number of carbonyl (C=O) groups is 2. The highest BCUT2D eigenvalue weighted by Crippen LogP contribution is 2.24. The molecule has 0 spiro atoms. The van der Waals surface area contributed by atoms with Crippen LogP contribution in [-0.4, -0.2) is 21.1 Å². The molecule has 108 valence electrons. The number of rotatable bonds is 1. The summed E-state index contributed by atoms with van der Waals surface area (Å²) in [6, 6.07) is -0.670. The lowest BCUT2D eigenvalue weighted by molar-refractivity contribution is -0.132. The minimum Gasteiger partial charge on any atom is -0.398 e. The molecule has 1 aromatic carbocycles. The van der Waals surface area contributed by atoms with Gasteiger partial charge in [-0.05, 0) is 25.4 Å². The van der Waals surface area contributed by atoms with E-state index in [-0.39, 0.29) is 22.6 Å². The van der Waals surface area contributed by atoms with Crippen LogP contribution in [0.25, 0.3) is 10.9 Å². The molecule has 6 heteroatoms. The summed E-state index contributed by atoms with van der Waals surface area (Å²) in [5.74, 6) is -3.08. The highest BCUT2D eigenvalue weighted by molar-refractivity contribution is 6.03. The lowest BCUT2D eigenvalue weighted by atomic mass is 9.92. The van der Waals surface area contributed by atoms with Crippen LogP contribution < -0.4 is 11.3 Å². The molecule has 6 nitrogen and oxygen atoms in total. The number of ketones is 2. The summed E-state index contributed by atoms with van der Waals surface area (Å²) in [6.07, 6.45) is -6.28. The number of nitrogens with two attached hydrogens (primary N) is 1. The van der Waals surface area contributed by atoms with Crippen molar-refractivity contribution in [1.82, 2.24) is 9.55 Å². The quantitative estimate of drug-likeness (QED) is 0.628. The van der Waals surface area contributed by atoms with Crippen LogP contribution in [0.15, 0.2) is 23.0 Å². The fourth-order valence-corrected chi connectivity index (χ4v) is 2.15. The van der Waals surface area contributed by atoms with Gasteiger partial charge >= 0.3 is 0 Å². The minimum atomic E-state index is -2.93. The Bertz CT molecular complexity index is 1080. The molecular weight excluding hydrogens is 270 g/mol. The highest BCUT2D eigenvalue weighted by atomic mass is 16.2. The van der Waals surface area contributed by atoms with Crippen molar-refractivity contribution in [1.29, 1.82) is 0 Å². The molecular formula is C15H15N3O3. The largest absolute Gasteiger partial charge is 0.398 e. The monoisotopic (exact) mass is 292 g/mol. The fraction of sp³-hybridized carbons (Fsp3) is 0.333. The summed E-state index contributed by atoms with van der Waals surface area (Å²) in [4.78, 5) is 41.5. The molecule has 1 aliphatic carbocycles. The van der Waals surface area contributed by atoms with Crippen molar-refractivity contribution >= 4 is 28.2 Å². The molecule has 0 aliphatic heterocycles. The molecule has 2 unspecified atom stereocenters. The Labute approximate surface area is 130 Å².